The molecule has 2 aliphatic carbocycles. The zero-order chi connectivity index (χ0) is 10.8. The summed E-state index contributed by atoms with van der Waals surface area (Å²) in [6, 6.07) is 2.22. The highest BCUT2D eigenvalue weighted by molar-refractivity contribution is 7.07. The van der Waals surface area contributed by atoms with Crippen LogP contribution in [0.5, 0.6) is 0 Å². The SMILES string of the molecule is Cl.c1cc(CNCCC2CC3CCC2C3)cs1. The number of halogens is 1. The first-order chi connectivity index (χ1) is 7.92. The molecule has 0 amide bonds. The first kappa shape index (κ1) is 13.4. The predicted octanol–water partition coefficient (Wildman–Crippen LogP) is 4.09. The molecule has 0 saturated heterocycles. The molecule has 96 valence electrons. The average Bonchev–Trinajstić information content (AvgIpc) is 3.01. The maximum atomic E-state index is 3.58. The Balaban J connectivity index is 0.00000108. The highest BCUT2D eigenvalue weighted by Gasteiger charge is 2.38. The lowest BCUT2D eigenvalue weighted by Crippen LogP contribution is -2.20. The summed E-state index contributed by atoms with van der Waals surface area (Å²) in [6.07, 6.45) is 7.55. The van der Waals surface area contributed by atoms with E-state index in [1.807, 2.05) is 0 Å². The van der Waals surface area contributed by atoms with Crippen molar-refractivity contribution in [1.82, 2.24) is 5.32 Å². The third-order valence-electron chi connectivity index (χ3n) is 4.49. The molecule has 3 atom stereocenters. The van der Waals surface area contributed by atoms with Gasteiger partial charge in [-0.05, 0) is 72.4 Å². The molecule has 1 aromatic rings. The van der Waals surface area contributed by atoms with Gasteiger partial charge in [0.15, 0.2) is 0 Å². The Kier molecular flexibility index (Phi) is 4.89. The minimum atomic E-state index is 0. The molecule has 1 nitrogen and oxygen atoms in total. The van der Waals surface area contributed by atoms with E-state index >= 15 is 0 Å². The largest absolute Gasteiger partial charge is 0.313 e. The summed E-state index contributed by atoms with van der Waals surface area (Å²) in [5, 5.41) is 7.98. The lowest BCUT2D eigenvalue weighted by molar-refractivity contribution is 0.310. The van der Waals surface area contributed by atoms with Crippen molar-refractivity contribution in [2.45, 2.75) is 38.6 Å². The Labute approximate surface area is 114 Å². The summed E-state index contributed by atoms with van der Waals surface area (Å²) < 4.78 is 0. The second-order valence-electron chi connectivity index (χ2n) is 5.53. The number of nitrogens with one attached hydrogen (secondary N) is 1. The van der Waals surface area contributed by atoms with Gasteiger partial charge in [0.2, 0.25) is 0 Å². The third kappa shape index (κ3) is 3.24. The number of rotatable bonds is 5. The van der Waals surface area contributed by atoms with E-state index in [9.17, 15) is 0 Å². The highest BCUT2D eigenvalue weighted by atomic mass is 35.5. The molecule has 0 aliphatic heterocycles. The molecular weight excluding hydrogens is 250 g/mol. The fourth-order valence-electron chi connectivity index (χ4n) is 3.64. The van der Waals surface area contributed by atoms with Crippen molar-refractivity contribution < 1.29 is 0 Å². The molecule has 0 radical (unpaired) electrons. The van der Waals surface area contributed by atoms with Crippen LogP contribution < -0.4 is 5.32 Å². The van der Waals surface area contributed by atoms with E-state index in [0.717, 1.165) is 24.3 Å². The summed E-state index contributed by atoms with van der Waals surface area (Å²) in [4.78, 5) is 0. The molecule has 1 aromatic heterocycles. The van der Waals surface area contributed by atoms with Gasteiger partial charge in [0.1, 0.15) is 0 Å². The van der Waals surface area contributed by atoms with Crippen LogP contribution in [0.3, 0.4) is 0 Å². The topological polar surface area (TPSA) is 12.0 Å². The molecule has 0 spiro atoms. The van der Waals surface area contributed by atoms with Crippen molar-refractivity contribution in [2.24, 2.45) is 17.8 Å². The minimum absolute atomic E-state index is 0. The van der Waals surface area contributed by atoms with Gasteiger partial charge in [-0.15, -0.1) is 12.4 Å². The number of thiophene rings is 1. The van der Waals surface area contributed by atoms with Crippen LogP contribution >= 0.6 is 23.7 Å². The zero-order valence-corrected chi connectivity index (χ0v) is 11.9. The molecule has 1 heterocycles. The fraction of sp³-hybridized carbons (Fsp3) is 0.714. The van der Waals surface area contributed by atoms with Crippen molar-refractivity contribution in [3.63, 3.8) is 0 Å². The molecule has 0 aromatic carbocycles. The Bertz CT molecular complexity index is 325. The van der Waals surface area contributed by atoms with Crippen LogP contribution in [-0.4, -0.2) is 6.54 Å². The maximum absolute atomic E-state index is 3.58. The van der Waals surface area contributed by atoms with Gasteiger partial charge in [-0.3, -0.25) is 0 Å². The van der Waals surface area contributed by atoms with Crippen LogP contribution in [0.2, 0.25) is 0 Å². The van der Waals surface area contributed by atoms with Crippen LogP contribution in [-0.2, 0) is 6.54 Å². The normalized spacial score (nSPS) is 30.5. The number of hydrogen-bond donors (Lipinski definition) is 1. The van der Waals surface area contributed by atoms with E-state index in [1.165, 1.54) is 37.8 Å². The van der Waals surface area contributed by atoms with Crippen molar-refractivity contribution >= 4 is 23.7 Å². The van der Waals surface area contributed by atoms with Crippen LogP contribution in [0.25, 0.3) is 0 Å². The van der Waals surface area contributed by atoms with Crippen LogP contribution in [0.15, 0.2) is 16.8 Å². The average molecular weight is 272 g/mol. The molecule has 2 aliphatic rings. The summed E-state index contributed by atoms with van der Waals surface area (Å²) in [5.41, 5.74) is 1.44. The summed E-state index contributed by atoms with van der Waals surface area (Å²) in [7, 11) is 0. The molecule has 2 bridgehead atoms. The van der Waals surface area contributed by atoms with Gasteiger partial charge in [0, 0.05) is 6.54 Å². The Morgan fingerprint density at radius 3 is 2.88 bits per heavy atom. The molecule has 2 fully saturated rings. The van der Waals surface area contributed by atoms with Gasteiger partial charge < -0.3 is 5.32 Å². The zero-order valence-electron chi connectivity index (χ0n) is 10.2. The monoisotopic (exact) mass is 271 g/mol. The first-order valence-corrected chi connectivity index (χ1v) is 7.58. The summed E-state index contributed by atoms with van der Waals surface area (Å²) >= 11 is 1.79. The maximum Gasteiger partial charge on any atom is 0.0213 e. The van der Waals surface area contributed by atoms with Crippen molar-refractivity contribution in [3.8, 4) is 0 Å². The highest BCUT2D eigenvalue weighted by Crippen LogP contribution is 2.49. The van der Waals surface area contributed by atoms with E-state index < -0.39 is 0 Å². The van der Waals surface area contributed by atoms with Crippen molar-refractivity contribution in [3.05, 3.63) is 22.4 Å². The third-order valence-corrected chi connectivity index (χ3v) is 5.22. The van der Waals surface area contributed by atoms with Gasteiger partial charge in [-0.1, -0.05) is 6.42 Å². The molecule has 2 saturated carbocycles. The molecule has 17 heavy (non-hydrogen) atoms. The van der Waals surface area contributed by atoms with Gasteiger partial charge >= 0.3 is 0 Å². The van der Waals surface area contributed by atoms with Crippen molar-refractivity contribution in [2.75, 3.05) is 6.54 Å². The lowest BCUT2D eigenvalue weighted by atomic mass is 9.86. The van der Waals surface area contributed by atoms with Crippen LogP contribution in [0.4, 0.5) is 0 Å². The quantitative estimate of drug-likeness (QED) is 0.796. The van der Waals surface area contributed by atoms with E-state index in [2.05, 4.69) is 22.1 Å². The minimum Gasteiger partial charge on any atom is -0.313 e. The smallest absolute Gasteiger partial charge is 0.0213 e. The van der Waals surface area contributed by atoms with Crippen LogP contribution in [0, 0.1) is 17.8 Å². The van der Waals surface area contributed by atoms with E-state index in [0.29, 0.717) is 0 Å². The van der Waals surface area contributed by atoms with Gasteiger partial charge in [-0.25, -0.2) is 0 Å². The van der Waals surface area contributed by atoms with E-state index in [1.54, 1.807) is 17.8 Å². The standard InChI is InChI=1S/C14H21NS.ClH/c1-2-13-7-11(1)8-14(13)3-5-15-9-12-4-6-16-10-12;/h4,6,10-11,13-15H,1-3,5,7-9H2;1H. The van der Waals surface area contributed by atoms with Gasteiger partial charge in [-0.2, -0.15) is 11.3 Å². The van der Waals surface area contributed by atoms with Crippen molar-refractivity contribution in [1.29, 1.82) is 0 Å². The molecule has 3 rings (SSSR count). The van der Waals surface area contributed by atoms with Gasteiger partial charge in [0.25, 0.3) is 0 Å². The van der Waals surface area contributed by atoms with E-state index in [4.69, 9.17) is 0 Å². The second-order valence-corrected chi connectivity index (χ2v) is 6.31. The molecule has 3 heteroatoms. The molecular formula is C14H22ClNS. The molecule has 1 N–H and O–H groups in total. The van der Waals surface area contributed by atoms with E-state index in [-0.39, 0.29) is 12.4 Å². The lowest BCUT2D eigenvalue weighted by Gasteiger charge is -2.21. The van der Waals surface area contributed by atoms with Gasteiger partial charge in [0.05, 0.1) is 0 Å². The molecule has 3 unspecified atom stereocenters. The number of fused-ring (bicyclic) bond motifs is 2. The second kappa shape index (κ2) is 6.21. The fourth-order valence-corrected chi connectivity index (χ4v) is 4.31. The first-order valence-electron chi connectivity index (χ1n) is 6.63. The van der Waals surface area contributed by atoms with Crippen LogP contribution in [0.1, 0.15) is 37.7 Å². The Morgan fingerprint density at radius 2 is 2.24 bits per heavy atom. The Hall–Kier alpha value is -0.0500. The Morgan fingerprint density at radius 1 is 1.29 bits per heavy atom. The predicted molar refractivity (Wildman–Crippen MR) is 76.8 cm³/mol. The summed E-state index contributed by atoms with van der Waals surface area (Å²) in [5.74, 6) is 3.24. The number of hydrogen-bond acceptors (Lipinski definition) is 2. The summed E-state index contributed by atoms with van der Waals surface area (Å²) in [6.45, 7) is 2.27.